The molecule has 0 atom stereocenters. The van der Waals surface area contributed by atoms with Crippen molar-refractivity contribution in [3.63, 3.8) is 0 Å². The molecule has 2 aromatic rings. The van der Waals surface area contributed by atoms with Gasteiger partial charge in [0.15, 0.2) is 0 Å². The molecule has 140 valence electrons. The lowest BCUT2D eigenvalue weighted by Crippen LogP contribution is -2.48. The molecule has 0 unspecified atom stereocenters. The molecule has 1 aliphatic rings. The molecule has 26 heavy (non-hydrogen) atoms. The number of pyridine rings is 1. The number of benzene rings is 1. The Morgan fingerprint density at radius 3 is 2.46 bits per heavy atom. The fraction of sp³-hybridized carbons (Fsp3) is 0.389. The number of rotatable bonds is 6. The van der Waals surface area contributed by atoms with Gasteiger partial charge < -0.3 is 4.90 Å². The van der Waals surface area contributed by atoms with Gasteiger partial charge in [-0.2, -0.15) is 4.31 Å². The van der Waals surface area contributed by atoms with E-state index in [1.54, 1.807) is 12.1 Å². The second-order valence-corrected chi connectivity index (χ2v) is 8.58. The molecule has 1 aliphatic heterocycles. The lowest BCUT2D eigenvalue weighted by molar-refractivity contribution is 0.186. The molecule has 3 rings (SSSR count). The third-order valence-corrected chi connectivity index (χ3v) is 6.65. The minimum atomic E-state index is -3.54. The summed E-state index contributed by atoms with van der Waals surface area (Å²) < 4.78 is 40.3. The van der Waals surface area contributed by atoms with Gasteiger partial charge in [0, 0.05) is 32.4 Å². The smallest absolute Gasteiger partial charge is 0.244 e. The molecule has 1 fully saturated rings. The Balaban J connectivity index is 1.49. The SMILES string of the molecule is O=S(=O)(c1ccc(Cl)nc1)N1CCN(CCCc2ccccc2F)CC1. The first-order valence-corrected chi connectivity index (χ1v) is 10.4. The van der Waals surface area contributed by atoms with Crippen molar-refractivity contribution in [2.75, 3.05) is 32.7 Å². The summed E-state index contributed by atoms with van der Waals surface area (Å²) in [5, 5.41) is 0.267. The number of nitrogens with zero attached hydrogens (tertiary/aromatic N) is 3. The molecule has 5 nitrogen and oxygen atoms in total. The van der Waals surface area contributed by atoms with Gasteiger partial charge in [-0.25, -0.2) is 17.8 Å². The maximum Gasteiger partial charge on any atom is 0.244 e. The summed E-state index contributed by atoms with van der Waals surface area (Å²) in [7, 11) is -3.54. The topological polar surface area (TPSA) is 53.5 Å². The van der Waals surface area contributed by atoms with E-state index in [1.165, 1.54) is 28.7 Å². The molecule has 0 amide bonds. The predicted octanol–water partition coefficient (Wildman–Crippen LogP) is 2.81. The fourth-order valence-corrected chi connectivity index (χ4v) is 4.53. The summed E-state index contributed by atoms with van der Waals surface area (Å²) >= 11 is 5.72. The third-order valence-electron chi connectivity index (χ3n) is 4.55. The molecule has 0 radical (unpaired) electrons. The first-order chi connectivity index (χ1) is 12.5. The van der Waals surface area contributed by atoms with Gasteiger partial charge in [0.2, 0.25) is 10.0 Å². The number of hydrogen-bond donors (Lipinski definition) is 0. The van der Waals surface area contributed by atoms with Gasteiger partial charge in [0.25, 0.3) is 0 Å². The first-order valence-electron chi connectivity index (χ1n) is 8.54. The normalized spacial score (nSPS) is 16.7. The highest BCUT2D eigenvalue weighted by atomic mass is 35.5. The van der Waals surface area contributed by atoms with E-state index < -0.39 is 10.0 Å². The summed E-state index contributed by atoms with van der Waals surface area (Å²) in [6, 6.07) is 9.77. The van der Waals surface area contributed by atoms with Crippen molar-refractivity contribution >= 4 is 21.6 Å². The predicted molar refractivity (Wildman–Crippen MR) is 99.2 cm³/mol. The number of aromatic nitrogens is 1. The van der Waals surface area contributed by atoms with Gasteiger partial charge in [-0.15, -0.1) is 0 Å². The second kappa shape index (κ2) is 8.43. The minimum absolute atomic E-state index is 0.162. The van der Waals surface area contributed by atoms with E-state index in [0.717, 1.165) is 18.5 Å². The molecule has 1 saturated heterocycles. The largest absolute Gasteiger partial charge is 0.301 e. The fourth-order valence-electron chi connectivity index (χ4n) is 3.05. The Morgan fingerprint density at radius 1 is 1.08 bits per heavy atom. The molecular formula is C18H21ClFN3O2S. The maximum atomic E-state index is 13.6. The summed E-state index contributed by atoms with van der Waals surface area (Å²) in [4.78, 5) is 6.23. The number of aryl methyl sites for hydroxylation is 1. The Morgan fingerprint density at radius 2 is 1.81 bits per heavy atom. The van der Waals surface area contributed by atoms with Crippen molar-refractivity contribution < 1.29 is 12.8 Å². The van der Waals surface area contributed by atoms with Crippen LogP contribution >= 0.6 is 11.6 Å². The van der Waals surface area contributed by atoms with E-state index in [2.05, 4.69) is 9.88 Å². The van der Waals surface area contributed by atoms with E-state index in [9.17, 15) is 12.8 Å². The van der Waals surface area contributed by atoms with Crippen molar-refractivity contribution in [2.45, 2.75) is 17.7 Å². The standard InChI is InChI=1S/C18H21ClFN3O2S/c19-18-8-7-16(14-21-18)26(24,25)23-12-10-22(11-13-23)9-3-5-15-4-1-2-6-17(15)20/h1-2,4,6-8,14H,3,5,9-13H2. The molecule has 1 aromatic carbocycles. The zero-order valence-electron chi connectivity index (χ0n) is 14.3. The van der Waals surface area contributed by atoms with Crippen molar-refractivity contribution in [1.29, 1.82) is 0 Å². The van der Waals surface area contributed by atoms with Crippen LogP contribution in [0.4, 0.5) is 4.39 Å². The van der Waals surface area contributed by atoms with Gasteiger partial charge in [-0.3, -0.25) is 0 Å². The van der Waals surface area contributed by atoms with Crippen molar-refractivity contribution in [1.82, 2.24) is 14.2 Å². The van der Waals surface area contributed by atoms with Crippen molar-refractivity contribution in [2.24, 2.45) is 0 Å². The molecule has 0 N–H and O–H groups in total. The highest BCUT2D eigenvalue weighted by molar-refractivity contribution is 7.89. The Kier molecular flexibility index (Phi) is 6.24. The van der Waals surface area contributed by atoms with E-state index in [-0.39, 0.29) is 15.9 Å². The van der Waals surface area contributed by atoms with E-state index >= 15 is 0 Å². The third kappa shape index (κ3) is 4.59. The average Bonchev–Trinajstić information content (AvgIpc) is 2.64. The van der Waals surface area contributed by atoms with E-state index in [0.29, 0.717) is 32.6 Å². The summed E-state index contributed by atoms with van der Waals surface area (Å²) in [5.74, 6) is -0.167. The Labute approximate surface area is 158 Å². The van der Waals surface area contributed by atoms with Crippen LogP contribution < -0.4 is 0 Å². The van der Waals surface area contributed by atoms with Crippen LogP contribution in [0, 0.1) is 5.82 Å². The lowest BCUT2D eigenvalue weighted by atomic mass is 10.1. The quantitative estimate of drug-likeness (QED) is 0.703. The Hall–Kier alpha value is -1.54. The maximum absolute atomic E-state index is 13.6. The molecule has 0 spiro atoms. The van der Waals surface area contributed by atoms with Crippen LogP contribution in [0.2, 0.25) is 5.15 Å². The monoisotopic (exact) mass is 397 g/mol. The van der Waals surface area contributed by atoms with E-state index in [4.69, 9.17) is 11.6 Å². The van der Waals surface area contributed by atoms with Crippen LogP contribution in [-0.4, -0.2) is 55.3 Å². The highest BCUT2D eigenvalue weighted by Crippen LogP contribution is 2.18. The molecule has 0 bridgehead atoms. The van der Waals surface area contributed by atoms with Crippen LogP contribution in [0.1, 0.15) is 12.0 Å². The molecular weight excluding hydrogens is 377 g/mol. The zero-order chi connectivity index (χ0) is 18.6. The molecule has 2 heterocycles. The van der Waals surface area contributed by atoms with Crippen molar-refractivity contribution in [3.05, 3.63) is 59.1 Å². The molecule has 8 heteroatoms. The lowest BCUT2D eigenvalue weighted by Gasteiger charge is -2.33. The second-order valence-electron chi connectivity index (χ2n) is 6.26. The van der Waals surface area contributed by atoms with Gasteiger partial charge in [0.1, 0.15) is 15.9 Å². The molecule has 1 aromatic heterocycles. The minimum Gasteiger partial charge on any atom is -0.301 e. The first kappa shape index (κ1) is 19.2. The van der Waals surface area contributed by atoms with Gasteiger partial charge in [0.05, 0.1) is 0 Å². The van der Waals surface area contributed by atoms with Gasteiger partial charge >= 0.3 is 0 Å². The number of hydrogen-bond acceptors (Lipinski definition) is 4. The Bertz CT molecular complexity index is 838. The summed E-state index contributed by atoms with van der Waals surface area (Å²) in [5.41, 5.74) is 0.726. The van der Waals surface area contributed by atoms with Crippen LogP contribution in [0.15, 0.2) is 47.5 Å². The zero-order valence-corrected chi connectivity index (χ0v) is 15.9. The van der Waals surface area contributed by atoms with Crippen LogP contribution in [0.5, 0.6) is 0 Å². The van der Waals surface area contributed by atoms with Gasteiger partial charge in [-0.05, 0) is 43.1 Å². The van der Waals surface area contributed by atoms with Crippen molar-refractivity contribution in [3.8, 4) is 0 Å². The average molecular weight is 398 g/mol. The van der Waals surface area contributed by atoms with Crippen LogP contribution in [0.25, 0.3) is 0 Å². The summed E-state index contributed by atoms with van der Waals surface area (Å²) in [6.07, 6.45) is 2.81. The van der Waals surface area contributed by atoms with Gasteiger partial charge in [-0.1, -0.05) is 29.8 Å². The van der Waals surface area contributed by atoms with E-state index in [1.807, 2.05) is 6.07 Å². The summed E-state index contributed by atoms with van der Waals surface area (Å²) in [6.45, 7) is 3.02. The molecule has 0 aliphatic carbocycles. The van der Waals surface area contributed by atoms with Crippen LogP contribution in [-0.2, 0) is 16.4 Å². The highest BCUT2D eigenvalue weighted by Gasteiger charge is 2.28. The van der Waals surface area contributed by atoms with Crippen LogP contribution in [0.3, 0.4) is 0 Å². The molecule has 0 saturated carbocycles. The number of piperazine rings is 1. The number of halogens is 2. The number of sulfonamides is 1.